The molecule has 2 aromatic carbocycles. The molecule has 0 unspecified atom stereocenters. The maximum absolute atomic E-state index is 15.1. The number of benzene rings is 2. The van der Waals surface area contributed by atoms with Gasteiger partial charge in [0, 0.05) is 38.7 Å². The van der Waals surface area contributed by atoms with Crippen LogP contribution in [-0.2, 0) is 27.4 Å². The number of amides is 1. The highest BCUT2D eigenvalue weighted by atomic mass is 32.1. The Hall–Kier alpha value is -5.19. The Balaban J connectivity index is 1.33. The maximum atomic E-state index is 15.1. The molecule has 1 amide bonds. The molecule has 0 aliphatic rings. The summed E-state index contributed by atoms with van der Waals surface area (Å²) in [5.74, 6) is 5.84. The van der Waals surface area contributed by atoms with Crippen LogP contribution in [0, 0.1) is 24.6 Å². The molecule has 14 nitrogen and oxygen atoms in total. The van der Waals surface area contributed by atoms with Gasteiger partial charge in [0.15, 0.2) is 38.8 Å². The van der Waals surface area contributed by atoms with Crippen molar-refractivity contribution in [2.24, 2.45) is 4.99 Å². The van der Waals surface area contributed by atoms with Crippen molar-refractivity contribution >= 4 is 69.8 Å². The summed E-state index contributed by atoms with van der Waals surface area (Å²) in [6.45, 7) is 17.3. The van der Waals surface area contributed by atoms with Crippen molar-refractivity contribution < 1.29 is 37.4 Å². The van der Waals surface area contributed by atoms with E-state index in [-0.39, 0.29) is 24.6 Å². The summed E-state index contributed by atoms with van der Waals surface area (Å²) in [5, 5.41) is 9.96. The van der Waals surface area contributed by atoms with Crippen molar-refractivity contribution in [3.05, 3.63) is 80.8 Å². The van der Waals surface area contributed by atoms with Gasteiger partial charge in [0.05, 0.1) is 58.2 Å². The lowest BCUT2D eigenvalue weighted by atomic mass is 10.2. The Morgan fingerprint density at radius 3 is 2.44 bits per heavy atom. The first-order valence-corrected chi connectivity index (χ1v) is 27.5. The maximum Gasteiger partial charge on any atom is 0.410 e. The summed E-state index contributed by atoms with van der Waals surface area (Å²) in [6.07, 6.45) is 2.23. The molecule has 0 spiro atoms. The van der Waals surface area contributed by atoms with Crippen molar-refractivity contribution in [1.29, 1.82) is 0 Å². The zero-order valence-electron chi connectivity index (χ0n) is 40.6. The number of thiazole rings is 2. The summed E-state index contributed by atoms with van der Waals surface area (Å²) < 4.78 is 41.7. The quantitative estimate of drug-likeness (QED) is 0.0244. The number of halogens is 1. The number of nitrogens with zero attached hydrogens (tertiary/aromatic N) is 8. The van der Waals surface area contributed by atoms with E-state index in [2.05, 4.69) is 74.4 Å². The van der Waals surface area contributed by atoms with Gasteiger partial charge in [0.1, 0.15) is 12.3 Å². The number of anilines is 2. The number of fused-ring (bicyclic) bond motifs is 1. The van der Waals surface area contributed by atoms with Gasteiger partial charge in [-0.25, -0.2) is 19.0 Å². The van der Waals surface area contributed by atoms with Crippen LogP contribution in [0.3, 0.4) is 0 Å². The number of methoxy groups -OCH3 is 1. The summed E-state index contributed by atoms with van der Waals surface area (Å²) in [7, 11) is 8.19. The minimum absolute atomic E-state index is 0.0850. The van der Waals surface area contributed by atoms with E-state index in [0.29, 0.717) is 55.1 Å². The topological polar surface area (TPSA) is 134 Å². The molecule has 0 fully saturated rings. The monoisotopic (exact) mass is 961 g/mol. The van der Waals surface area contributed by atoms with Gasteiger partial charge in [-0.3, -0.25) is 4.57 Å². The predicted molar refractivity (Wildman–Crippen MR) is 264 cm³/mol. The minimum Gasteiger partial charge on any atom is -0.491 e. The number of carbonyl (C=O) groups excluding carboxylic acids is 2. The van der Waals surface area contributed by atoms with E-state index in [4.69, 9.17) is 34.0 Å². The predicted octanol–water partition coefficient (Wildman–Crippen LogP) is 9.58. The summed E-state index contributed by atoms with van der Waals surface area (Å²) >= 11 is 2.97. The third kappa shape index (κ3) is 15.7. The van der Waals surface area contributed by atoms with Gasteiger partial charge in [0.25, 0.3) is 0 Å². The third-order valence-electron chi connectivity index (χ3n) is 9.98. The van der Waals surface area contributed by atoms with E-state index in [1.807, 2.05) is 30.0 Å². The Labute approximate surface area is 398 Å². The summed E-state index contributed by atoms with van der Waals surface area (Å²) in [4.78, 5) is 40.1. The number of rotatable bonds is 20. The Kier molecular flexibility index (Phi) is 18.1. The van der Waals surface area contributed by atoms with E-state index >= 15 is 4.39 Å². The number of carbonyl (C=O) groups is 2. The van der Waals surface area contributed by atoms with Gasteiger partial charge in [-0.15, -0.1) is 21.5 Å². The molecule has 0 atom stereocenters. The molecule has 0 bridgehead atoms. The molecule has 0 aliphatic heterocycles. The number of aryl methyl sites for hydroxylation is 2. The fraction of sp³-hybridized carbons (Fsp3) is 0.500. The van der Waals surface area contributed by atoms with Crippen molar-refractivity contribution in [3.8, 4) is 17.6 Å². The van der Waals surface area contributed by atoms with E-state index < -0.39 is 31.6 Å². The molecular formula is C48H66FN8O6S2Si+. The number of aromatic nitrogens is 4. The first kappa shape index (κ1) is 51.8. The molecule has 5 aromatic rings. The van der Waals surface area contributed by atoms with Gasteiger partial charge in [-0.05, 0) is 101 Å². The number of hydrogen-bond acceptors (Lipinski definition) is 13. The third-order valence-corrected chi connectivity index (χ3v) is 13.9. The van der Waals surface area contributed by atoms with Crippen LogP contribution in [0.5, 0.6) is 5.75 Å². The van der Waals surface area contributed by atoms with Crippen molar-refractivity contribution in [3.63, 3.8) is 0 Å². The zero-order chi connectivity index (χ0) is 48.2. The van der Waals surface area contributed by atoms with Crippen molar-refractivity contribution in [2.45, 2.75) is 91.4 Å². The lowest BCUT2D eigenvalue weighted by Gasteiger charge is -2.25. The van der Waals surface area contributed by atoms with Crippen LogP contribution in [0.4, 0.5) is 26.0 Å². The average Bonchev–Trinajstić information content (AvgIpc) is 3.81. The van der Waals surface area contributed by atoms with Gasteiger partial charge in [-0.1, -0.05) is 55.0 Å². The molecule has 0 saturated heterocycles. The van der Waals surface area contributed by atoms with Gasteiger partial charge >= 0.3 is 12.1 Å². The number of hydrogen-bond donors (Lipinski definition) is 0. The van der Waals surface area contributed by atoms with Gasteiger partial charge in [-0.2, -0.15) is 4.99 Å². The Morgan fingerprint density at radius 1 is 1.00 bits per heavy atom. The van der Waals surface area contributed by atoms with Crippen LogP contribution in [0.1, 0.15) is 66.5 Å². The van der Waals surface area contributed by atoms with E-state index in [9.17, 15) is 9.59 Å². The number of esters is 1. The number of ether oxygens (including phenoxy) is 4. The second-order valence-corrected chi connectivity index (χ2v) is 27.0. The highest BCUT2D eigenvalue weighted by Gasteiger charge is 2.25. The zero-order valence-corrected chi connectivity index (χ0v) is 43.3. The Morgan fingerprint density at radius 2 is 1.76 bits per heavy atom. The molecule has 66 heavy (non-hydrogen) atoms. The minimum atomic E-state index is -1.25. The van der Waals surface area contributed by atoms with Crippen molar-refractivity contribution in [2.75, 3.05) is 73.0 Å². The Bertz CT molecular complexity index is 2580. The molecule has 3 heterocycles. The molecular weight excluding hydrogens is 896 g/mol. The highest BCUT2D eigenvalue weighted by Crippen LogP contribution is 2.34. The van der Waals surface area contributed by atoms with Crippen LogP contribution < -0.4 is 14.4 Å². The molecule has 3 aromatic heterocycles. The lowest BCUT2D eigenvalue weighted by molar-refractivity contribution is -0.870. The molecule has 0 aliphatic carbocycles. The highest BCUT2D eigenvalue weighted by molar-refractivity contribution is 7.16. The van der Waals surface area contributed by atoms with Gasteiger partial charge < -0.3 is 33.2 Å². The van der Waals surface area contributed by atoms with Crippen LogP contribution >= 0.6 is 22.7 Å². The smallest absolute Gasteiger partial charge is 0.410 e. The van der Waals surface area contributed by atoms with E-state index in [1.54, 1.807) is 45.2 Å². The molecule has 0 N–H and O–H groups in total. The fourth-order valence-corrected chi connectivity index (χ4v) is 9.28. The second-order valence-electron chi connectivity index (χ2n) is 19.3. The number of quaternary nitrogens is 1. The van der Waals surface area contributed by atoms with Crippen LogP contribution in [0.15, 0.2) is 53.5 Å². The van der Waals surface area contributed by atoms with E-state index in [1.165, 1.54) is 35.5 Å². The number of para-hydroxylation sites is 1. The molecule has 18 heteroatoms. The fourth-order valence-electron chi connectivity index (χ4n) is 6.38. The van der Waals surface area contributed by atoms with Crippen LogP contribution in [0.2, 0.25) is 25.7 Å². The van der Waals surface area contributed by atoms with Crippen molar-refractivity contribution in [1.82, 2.24) is 24.6 Å². The van der Waals surface area contributed by atoms with Crippen LogP contribution in [-0.4, -0.2) is 123 Å². The van der Waals surface area contributed by atoms with Crippen LogP contribution in [0.25, 0.3) is 10.2 Å². The largest absolute Gasteiger partial charge is 0.491 e. The number of unbranched alkanes of at least 4 members (excludes halogenated alkanes) is 1. The first-order chi connectivity index (χ1) is 31.1. The molecule has 5 rings (SSSR count). The molecule has 0 radical (unpaired) electrons. The molecule has 0 saturated carbocycles. The summed E-state index contributed by atoms with van der Waals surface area (Å²) in [6, 6.07) is 15.7. The van der Waals surface area contributed by atoms with Gasteiger partial charge in [0.2, 0.25) is 0 Å². The standard InChI is InChI=1S/C48H66FN8O6S2Si/c1-34-31-41(52-53-43(34)51-46-56(33-61-29-30-66(10,11)12)37-20-13-14-21-39(37)64-46)55(26-15-16-27-57(6,7)8)45-50-42(44(58)60-9)40(65-45)22-18-28-62-38-24-23-35(32-36(38)49)19-17-25-54(5)47(59)63-48(2,3)4/h13-14,20-21,23-24,31-32H,15-16,18,22,25-30,33H2,1-12H3/q+1/b51-46-. The van der Waals surface area contributed by atoms with E-state index in [0.717, 1.165) is 55.4 Å². The molecule has 356 valence electrons. The summed E-state index contributed by atoms with van der Waals surface area (Å²) in [5.41, 5.74) is 1.93. The average molecular weight is 962 g/mol. The SMILES string of the molecule is COC(=O)c1nc(N(CCCC[N+](C)(C)C)c2cc(C)c(/N=c3\sc4ccccc4n3COCC[Si](C)(C)C)nn2)sc1CCCOc1ccc(C#CCN(C)C(=O)OC(C)(C)C)cc1F. The second kappa shape index (κ2) is 23.0. The first-order valence-electron chi connectivity index (χ1n) is 22.2. The normalized spacial score (nSPS) is 12.2. The lowest BCUT2D eigenvalue weighted by Crippen LogP contribution is -2.35.